The minimum atomic E-state index is -0.312. The molecule has 4 aromatic heterocycles. The van der Waals surface area contributed by atoms with E-state index in [9.17, 15) is 4.79 Å². The number of halogens is 1. The van der Waals surface area contributed by atoms with Crippen LogP contribution < -0.4 is 5.32 Å². The zero-order valence-electron chi connectivity index (χ0n) is 18.5. The Hall–Kier alpha value is -2.79. The average molecular weight is 527 g/mol. The van der Waals surface area contributed by atoms with E-state index in [0.29, 0.717) is 10.5 Å². The highest BCUT2D eigenvalue weighted by Crippen LogP contribution is 2.42. The fourth-order valence-corrected chi connectivity index (χ4v) is 5.63. The Morgan fingerprint density at radius 2 is 2.15 bits per heavy atom. The van der Waals surface area contributed by atoms with Crippen molar-refractivity contribution in [2.24, 2.45) is 11.3 Å². The maximum absolute atomic E-state index is 12.3. The predicted octanol–water partition coefficient (Wildman–Crippen LogP) is 3.89. The molecule has 9 nitrogen and oxygen atoms in total. The summed E-state index contributed by atoms with van der Waals surface area (Å²) in [4.78, 5) is 26.2. The molecule has 11 heteroatoms. The number of hydrogen-bond donors (Lipinski definition) is 1. The minimum absolute atomic E-state index is 0.114. The lowest BCUT2D eigenvalue weighted by atomic mass is 9.86. The molecule has 0 unspecified atom stereocenters. The number of pyridine rings is 1. The predicted molar refractivity (Wildman–Crippen MR) is 129 cm³/mol. The van der Waals surface area contributed by atoms with Crippen molar-refractivity contribution in [3.8, 4) is 16.4 Å². The van der Waals surface area contributed by atoms with Gasteiger partial charge in [0.1, 0.15) is 21.1 Å². The third-order valence-corrected chi connectivity index (χ3v) is 7.70. The summed E-state index contributed by atoms with van der Waals surface area (Å²) >= 11 is 5.04. The van der Waals surface area contributed by atoms with Crippen LogP contribution in [0, 0.1) is 18.3 Å². The molecule has 0 spiro atoms. The highest BCUT2D eigenvalue weighted by atomic mass is 79.9. The van der Waals surface area contributed by atoms with Gasteiger partial charge >= 0.3 is 0 Å². The quantitative estimate of drug-likeness (QED) is 0.419. The van der Waals surface area contributed by atoms with Gasteiger partial charge in [-0.05, 0) is 60.2 Å². The van der Waals surface area contributed by atoms with Crippen molar-refractivity contribution < 1.29 is 4.79 Å². The molecule has 1 aliphatic carbocycles. The van der Waals surface area contributed by atoms with Crippen molar-refractivity contribution in [1.29, 1.82) is 0 Å². The second kappa shape index (κ2) is 8.53. The molecule has 0 saturated heterocycles. The van der Waals surface area contributed by atoms with E-state index < -0.39 is 0 Å². The molecule has 0 aromatic carbocycles. The van der Waals surface area contributed by atoms with Crippen LogP contribution in [0.15, 0.2) is 29.1 Å². The summed E-state index contributed by atoms with van der Waals surface area (Å²) in [6.45, 7) is 3.96. The lowest BCUT2D eigenvalue weighted by Gasteiger charge is -2.21. The van der Waals surface area contributed by atoms with E-state index in [1.807, 2.05) is 32.2 Å². The summed E-state index contributed by atoms with van der Waals surface area (Å²) in [6, 6.07) is 3.86. The first kappa shape index (κ1) is 22.0. The zero-order valence-corrected chi connectivity index (χ0v) is 20.9. The van der Waals surface area contributed by atoms with Crippen LogP contribution in [0.3, 0.4) is 0 Å². The van der Waals surface area contributed by atoms with E-state index in [-0.39, 0.29) is 11.3 Å². The Morgan fingerprint density at radius 1 is 1.30 bits per heavy atom. The van der Waals surface area contributed by atoms with E-state index in [1.165, 1.54) is 11.3 Å². The van der Waals surface area contributed by atoms with E-state index >= 15 is 0 Å². The summed E-state index contributed by atoms with van der Waals surface area (Å²) in [6.07, 6.45) is 7.02. The van der Waals surface area contributed by atoms with Crippen molar-refractivity contribution in [3.05, 3.63) is 40.0 Å². The summed E-state index contributed by atoms with van der Waals surface area (Å²) in [7, 11) is 1.70. The molecule has 0 bridgehead atoms. The van der Waals surface area contributed by atoms with Gasteiger partial charge in [0.05, 0.1) is 17.3 Å². The normalized spacial score (nSPS) is 20.4. The van der Waals surface area contributed by atoms with Crippen molar-refractivity contribution in [1.82, 2.24) is 40.2 Å². The second-order valence-electron chi connectivity index (χ2n) is 8.71. The molecule has 4 aromatic rings. The highest BCUT2D eigenvalue weighted by molar-refractivity contribution is 9.10. The second-order valence-corrected chi connectivity index (χ2v) is 10.6. The Morgan fingerprint density at radius 3 is 2.85 bits per heavy atom. The van der Waals surface area contributed by atoms with Gasteiger partial charge in [-0.2, -0.15) is 5.10 Å². The van der Waals surface area contributed by atoms with E-state index in [4.69, 9.17) is 4.98 Å². The summed E-state index contributed by atoms with van der Waals surface area (Å²) in [5.41, 5.74) is 1.98. The number of carbonyl (C=O) groups is 1. The number of aryl methyl sites for hydroxylation is 1. The van der Waals surface area contributed by atoms with Gasteiger partial charge in [-0.25, -0.2) is 14.6 Å². The number of carbonyl (C=O) groups excluding carboxylic acids is 1. The smallest absolute Gasteiger partial charge is 0.225 e. The summed E-state index contributed by atoms with van der Waals surface area (Å²) in [5.74, 6) is 1.25. The SMILES string of the molecule is CNC(=O)[C@]1(C)CC[C@@H](Cc2ncc3c(Br)nn(-c4ccc(-c5nnc(C)s5)nc4)c3n2)C1. The molecule has 1 saturated carbocycles. The van der Waals surface area contributed by atoms with E-state index in [2.05, 4.69) is 46.5 Å². The lowest BCUT2D eigenvalue weighted by Crippen LogP contribution is -2.35. The molecular formula is C22H23BrN8OS. The summed E-state index contributed by atoms with van der Waals surface area (Å²) < 4.78 is 2.46. The Bertz CT molecular complexity index is 1330. The molecule has 0 radical (unpaired) electrons. The molecule has 1 fully saturated rings. The van der Waals surface area contributed by atoms with Crippen LogP contribution in [0.4, 0.5) is 0 Å². The van der Waals surface area contributed by atoms with Gasteiger partial charge in [0, 0.05) is 25.1 Å². The first-order valence-electron chi connectivity index (χ1n) is 10.8. The molecule has 33 heavy (non-hydrogen) atoms. The number of nitrogens with one attached hydrogen (secondary N) is 1. The number of nitrogens with zero attached hydrogens (tertiary/aromatic N) is 7. The van der Waals surface area contributed by atoms with Crippen LogP contribution in [0.2, 0.25) is 0 Å². The highest BCUT2D eigenvalue weighted by Gasteiger charge is 2.40. The number of amides is 1. The van der Waals surface area contributed by atoms with Crippen LogP contribution in [-0.2, 0) is 11.2 Å². The van der Waals surface area contributed by atoms with Crippen molar-refractivity contribution in [2.45, 2.75) is 39.5 Å². The molecule has 1 N–H and O–H groups in total. The zero-order chi connectivity index (χ0) is 23.2. The summed E-state index contributed by atoms with van der Waals surface area (Å²) in [5, 5.41) is 18.2. The van der Waals surface area contributed by atoms with E-state index in [1.54, 1.807) is 17.9 Å². The molecule has 0 aliphatic heterocycles. The van der Waals surface area contributed by atoms with Crippen molar-refractivity contribution in [2.75, 3.05) is 7.05 Å². The maximum atomic E-state index is 12.3. The first-order chi connectivity index (χ1) is 15.9. The van der Waals surface area contributed by atoms with Gasteiger partial charge in [0.25, 0.3) is 0 Å². The molecular weight excluding hydrogens is 504 g/mol. The monoisotopic (exact) mass is 526 g/mol. The van der Waals surface area contributed by atoms with Crippen LogP contribution >= 0.6 is 27.3 Å². The standard InChI is InChI=1S/C22H23BrN8OS/c1-12-28-29-20(33-12)16-5-4-14(10-25-16)31-19-15(18(23)30-31)11-26-17(27-19)8-13-6-7-22(2,9-13)21(32)24-3/h4-5,10-11,13H,6-9H2,1-3H3,(H,24,32)/t13-,22+/m0/s1. The van der Waals surface area contributed by atoms with Crippen molar-refractivity contribution in [3.63, 3.8) is 0 Å². The molecule has 170 valence electrons. The van der Waals surface area contributed by atoms with Crippen LogP contribution in [0.1, 0.15) is 37.0 Å². The van der Waals surface area contributed by atoms with Gasteiger partial charge in [-0.15, -0.1) is 10.2 Å². The average Bonchev–Trinajstić information content (AvgIpc) is 3.51. The Balaban J connectivity index is 1.42. The number of rotatable bonds is 5. The van der Waals surface area contributed by atoms with Gasteiger partial charge in [0.15, 0.2) is 10.7 Å². The van der Waals surface area contributed by atoms with Crippen molar-refractivity contribution >= 4 is 44.2 Å². The van der Waals surface area contributed by atoms with Crippen LogP contribution in [0.5, 0.6) is 0 Å². The van der Waals surface area contributed by atoms with Gasteiger partial charge in [-0.1, -0.05) is 18.3 Å². The molecule has 1 amide bonds. The largest absolute Gasteiger partial charge is 0.359 e. The molecule has 1 aliphatic rings. The van der Waals surface area contributed by atoms with Gasteiger partial charge < -0.3 is 5.32 Å². The minimum Gasteiger partial charge on any atom is -0.359 e. The first-order valence-corrected chi connectivity index (χ1v) is 12.4. The lowest BCUT2D eigenvalue weighted by molar-refractivity contribution is -0.129. The van der Waals surface area contributed by atoms with Crippen LogP contribution in [0.25, 0.3) is 27.4 Å². The van der Waals surface area contributed by atoms with Gasteiger partial charge in [-0.3, -0.25) is 9.78 Å². The Kier molecular flexibility index (Phi) is 5.69. The third-order valence-electron chi connectivity index (χ3n) is 6.26. The van der Waals surface area contributed by atoms with E-state index in [0.717, 1.165) is 63.9 Å². The fourth-order valence-electron chi connectivity index (χ4n) is 4.52. The maximum Gasteiger partial charge on any atom is 0.225 e. The molecule has 5 rings (SSSR count). The number of hydrogen-bond acceptors (Lipinski definition) is 8. The third kappa shape index (κ3) is 4.15. The fraction of sp³-hybridized carbons (Fsp3) is 0.409. The number of fused-ring (bicyclic) bond motifs is 1. The Labute approximate surface area is 203 Å². The number of aromatic nitrogens is 7. The van der Waals surface area contributed by atoms with Gasteiger partial charge in [0.2, 0.25) is 5.91 Å². The molecule has 2 atom stereocenters. The molecule has 4 heterocycles. The topological polar surface area (TPSA) is 111 Å². The van der Waals surface area contributed by atoms with Crippen LogP contribution in [-0.4, -0.2) is 47.9 Å².